The highest BCUT2D eigenvalue weighted by Crippen LogP contribution is 2.17. The molecule has 0 radical (unpaired) electrons. The summed E-state index contributed by atoms with van der Waals surface area (Å²) in [5.74, 6) is 0.633. The van der Waals surface area contributed by atoms with Gasteiger partial charge in [-0.05, 0) is 31.9 Å². The maximum Gasteiger partial charge on any atom is 0.254 e. The van der Waals surface area contributed by atoms with Gasteiger partial charge >= 0.3 is 0 Å². The van der Waals surface area contributed by atoms with E-state index in [0.717, 1.165) is 25.8 Å². The molecule has 1 N–H and O–H groups in total. The third-order valence-corrected chi connectivity index (χ3v) is 3.48. The molecule has 0 saturated heterocycles. The Morgan fingerprint density at radius 2 is 2.10 bits per heavy atom. The minimum absolute atomic E-state index is 0.0187. The van der Waals surface area contributed by atoms with Gasteiger partial charge in [0.2, 0.25) is 0 Å². The van der Waals surface area contributed by atoms with Crippen LogP contribution in [0.2, 0.25) is 5.15 Å². The molecule has 4 nitrogen and oxygen atoms in total. The Morgan fingerprint density at radius 3 is 2.70 bits per heavy atom. The van der Waals surface area contributed by atoms with Crippen LogP contribution >= 0.6 is 11.6 Å². The summed E-state index contributed by atoms with van der Waals surface area (Å²) >= 11 is 6.00. The number of amides is 1. The van der Waals surface area contributed by atoms with E-state index in [1.807, 2.05) is 7.05 Å². The molecule has 20 heavy (non-hydrogen) atoms. The van der Waals surface area contributed by atoms with E-state index in [9.17, 15) is 4.79 Å². The van der Waals surface area contributed by atoms with Crippen molar-refractivity contribution in [2.45, 2.75) is 46.1 Å². The van der Waals surface area contributed by atoms with Crippen LogP contribution in [0.25, 0.3) is 0 Å². The van der Waals surface area contributed by atoms with Crippen molar-refractivity contribution >= 4 is 23.3 Å². The number of carbonyl (C=O) groups excluding carboxylic acids is 1. The Bertz CT molecular complexity index is 451. The van der Waals surface area contributed by atoms with E-state index in [4.69, 9.17) is 11.6 Å². The van der Waals surface area contributed by atoms with Crippen molar-refractivity contribution in [3.05, 3.63) is 22.8 Å². The summed E-state index contributed by atoms with van der Waals surface area (Å²) in [5, 5.41) is 3.50. The monoisotopic (exact) mass is 297 g/mol. The summed E-state index contributed by atoms with van der Waals surface area (Å²) < 4.78 is 0. The Labute approximate surface area is 126 Å². The quantitative estimate of drug-likeness (QED) is 0.778. The molecule has 0 aliphatic heterocycles. The Balaban J connectivity index is 2.89. The molecule has 0 aliphatic rings. The van der Waals surface area contributed by atoms with Crippen LogP contribution in [0.5, 0.6) is 0 Å². The van der Waals surface area contributed by atoms with Gasteiger partial charge in [0.1, 0.15) is 11.0 Å². The second-order valence-corrected chi connectivity index (χ2v) is 5.43. The van der Waals surface area contributed by atoms with Crippen molar-refractivity contribution < 1.29 is 4.79 Å². The maximum atomic E-state index is 12.5. The van der Waals surface area contributed by atoms with Gasteiger partial charge in [0.05, 0.1) is 0 Å². The molecule has 1 unspecified atom stereocenters. The van der Waals surface area contributed by atoms with Gasteiger partial charge in [0.15, 0.2) is 0 Å². The fraction of sp³-hybridized carbons (Fsp3) is 0.600. The van der Waals surface area contributed by atoms with E-state index in [1.54, 1.807) is 17.0 Å². The molecule has 5 heteroatoms. The number of carbonyl (C=O) groups is 1. The Kier molecular flexibility index (Phi) is 6.79. The summed E-state index contributed by atoms with van der Waals surface area (Å²) in [4.78, 5) is 18.4. The molecular weight excluding hydrogens is 274 g/mol. The van der Waals surface area contributed by atoms with Gasteiger partial charge in [-0.1, -0.05) is 31.9 Å². The first-order valence-corrected chi connectivity index (χ1v) is 7.56. The highest BCUT2D eigenvalue weighted by Gasteiger charge is 2.18. The largest absolute Gasteiger partial charge is 0.370 e. The number of halogens is 1. The van der Waals surface area contributed by atoms with E-state index in [0.29, 0.717) is 16.5 Å². The maximum absolute atomic E-state index is 12.5. The third kappa shape index (κ3) is 4.67. The highest BCUT2D eigenvalue weighted by atomic mass is 35.5. The van der Waals surface area contributed by atoms with Gasteiger partial charge in [0, 0.05) is 25.2 Å². The lowest BCUT2D eigenvalue weighted by molar-refractivity contribution is 0.0736. The summed E-state index contributed by atoms with van der Waals surface area (Å²) in [6, 6.07) is 3.60. The normalized spacial score (nSPS) is 12.1. The molecule has 0 aliphatic carbocycles. The van der Waals surface area contributed by atoms with E-state index in [2.05, 4.69) is 31.1 Å². The molecule has 112 valence electrons. The lowest BCUT2D eigenvalue weighted by atomic mass is 10.1. The minimum Gasteiger partial charge on any atom is -0.370 e. The van der Waals surface area contributed by atoms with Gasteiger partial charge < -0.3 is 10.2 Å². The van der Waals surface area contributed by atoms with Gasteiger partial charge in [0.25, 0.3) is 5.91 Å². The van der Waals surface area contributed by atoms with Crippen LogP contribution in [0.15, 0.2) is 12.1 Å². The Morgan fingerprint density at radius 1 is 1.40 bits per heavy atom. The average molecular weight is 298 g/mol. The zero-order valence-corrected chi connectivity index (χ0v) is 13.5. The van der Waals surface area contributed by atoms with Crippen LogP contribution in [0.4, 0.5) is 5.82 Å². The number of nitrogens with one attached hydrogen (secondary N) is 1. The summed E-state index contributed by atoms with van der Waals surface area (Å²) in [6.07, 6.45) is 3.03. The molecular formula is C15H24ClN3O. The number of anilines is 1. The lowest BCUT2D eigenvalue weighted by Crippen LogP contribution is -2.35. The third-order valence-electron chi connectivity index (χ3n) is 3.29. The van der Waals surface area contributed by atoms with Gasteiger partial charge in [-0.25, -0.2) is 4.98 Å². The van der Waals surface area contributed by atoms with Crippen LogP contribution in [-0.4, -0.2) is 35.4 Å². The molecule has 0 bridgehead atoms. The molecule has 1 atom stereocenters. The van der Waals surface area contributed by atoms with E-state index < -0.39 is 0 Å². The van der Waals surface area contributed by atoms with E-state index in [-0.39, 0.29) is 11.9 Å². The van der Waals surface area contributed by atoms with E-state index in [1.165, 1.54) is 0 Å². The first kappa shape index (κ1) is 16.8. The predicted molar refractivity (Wildman–Crippen MR) is 84.5 cm³/mol. The van der Waals surface area contributed by atoms with Gasteiger partial charge in [-0.15, -0.1) is 0 Å². The van der Waals surface area contributed by atoms with Crippen LogP contribution < -0.4 is 5.32 Å². The van der Waals surface area contributed by atoms with Gasteiger partial charge in [-0.3, -0.25) is 4.79 Å². The minimum atomic E-state index is -0.0187. The lowest BCUT2D eigenvalue weighted by Gasteiger charge is -2.25. The summed E-state index contributed by atoms with van der Waals surface area (Å²) in [7, 11) is 1.83. The van der Waals surface area contributed by atoms with Crippen molar-refractivity contribution in [1.29, 1.82) is 0 Å². The second-order valence-electron chi connectivity index (χ2n) is 5.04. The first-order chi connectivity index (χ1) is 9.49. The van der Waals surface area contributed by atoms with Crippen molar-refractivity contribution in [2.24, 2.45) is 0 Å². The standard InChI is InChI=1S/C15H24ClN3O/c1-5-7-11(3)19(4)15(20)12-9-13(16)18-14(10-12)17-8-6-2/h9-11H,5-8H2,1-4H3,(H,17,18). The number of hydrogen-bond donors (Lipinski definition) is 1. The second kappa shape index (κ2) is 8.10. The summed E-state index contributed by atoms with van der Waals surface area (Å²) in [6.45, 7) is 7.05. The highest BCUT2D eigenvalue weighted by molar-refractivity contribution is 6.29. The molecule has 1 heterocycles. The molecule has 0 saturated carbocycles. The summed E-state index contributed by atoms with van der Waals surface area (Å²) in [5.41, 5.74) is 0.578. The van der Waals surface area contributed by atoms with Crippen LogP contribution in [0.3, 0.4) is 0 Å². The Hall–Kier alpha value is -1.29. The first-order valence-electron chi connectivity index (χ1n) is 7.18. The number of pyridine rings is 1. The molecule has 1 aromatic heterocycles. The molecule has 0 fully saturated rings. The fourth-order valence-corrected chi connectivity index (χ4v) is 2.19. The van der Waals surface area contributed by atoms with Crippen molar-refractivity contribution in [2.75, 3.05) is 18.9 Å². The number of nitrogens with zero attached hydrogens (tertiary/aromatic N) is 2. The molecule has 1 rings (SSSR count). The fourth-order valence-electron chi connectivity index (χ4n) is 1.98. The topological polar surface area (TPSA) is 45.2 Å². The zero-order chi connectivity index (χ0) is 15.1. The van der Waals surface area contributed by atoms with Gasteiger partial charge in [-0.2, -0.15) is 0 Å². The molecule has 1 amide bonds. The molecule has 1 aromatic rings. The number of hydrogen-bond acceptors (Lipinski definition) is 3. The smallest absolute Gasteiger partial charge is 0.254 e. The van der Waals surface area contributed by atoms with Crippen LogP contribution in [-0.2, 0) is 0 Å². The van der Waals surface area contributed by atoms with Crippen molar-refractivity contribution in [3.63, 3.8) is 0 Å². The predicted octanol–water partition coefficient (Wildman–Crippen LogP) is 3.82. The number of aromatic nitrogens is 1. The zero-order valence-electron chi connectivity index (χ0n) is 12.7. The van der Waals surface area contributed by atoms with Crippen molar-refractivity contribution in [1.82, 2.24) is 9.88 Å². The van der Waals surface area contributed by atoms with Crippen LogP contribution in [0.1, 0.15) is 50.4 Å². The SMILES string of the molecule is CCCNc1cc(C(=O)N(C)C(C)CCC)cc(Cl)n1. The van der Waals surface area contributed by atoms with Crippen LogP contribution in [0, 0.1) is 0 Å². The number of rotatable bonds is 7. The van der Waals surface area contributed by atoms with E-state index >= 15 is 0 Å². The average Bonchev–Trinajstić information content (AvgIpc) is 2.43. The molecule has 0 aromatic carbocycles. The molecule has 0 spiro atoms. The van der Waals surface area contributed by atoms with Crippen molar-refractivity contribution in [3.8, 4) is 0 Å².